The van der Waals surface area contributed by atoms with Crippen molar-refractivity contribution in [3.05, 3.63) is 96.2 Å². The second-order valence-corrected chi connectivity index (χ2v) is 15.9. The van der Waals surface area contributed by atoms with Gasteiger partial charge in [-0.1, -0.05) is 75.3 Å². The van der Waals surface area contributed by atoms with Gasteiger partial charge in [-0.15, -0.1) is 0 Å². The summed E-state index contributed by atoms with van der Waals surface area (Å²) in [7, 11) is 0. The van der Waals surface area contributed by atoms with E-state index in [0.29, 0.717) is 35.4 Å². The maximum absolute atomic E-state index is 17.0. The number of quaternary nitrogens is 1. The maximum Gasteiger partial charge on any atom is 0.183 e. The zero-order valence-electron chi connectivity index (χ0n) is 29.4. The summed E-state index contributed by atoms with van der Waals surface area (Å²) in [6, 6.07) is 0. The Hall–Kier alpha value is -2.62. The number of allylic oxidation sites excluding steroid dienone is 16. The first-order valence-corrected chi connectivity index (χ1v) is 18.6. The van der Waals surface area contributed by atoms with Crippen LogP contribution < -0.4 is 5.32 Å². The zero-order chi connectivity index (χ0) is 36.3. The molecule has 0 aromatic rings. The molecule has 0 aromatic heterocycles. The zero-order valence-corrected chi connectivity index (χ0v) is 29.4. The largest absolute Gasteiger partial charge is 0.337 e. The first kappa shape index (κ1) is 38.6. The molecule has 6 rings (SSSR count). The van der Waals surface area contributed by atoms with Crippen LogP contribution in [0.1, 0.15) is 117 Å². The van der Waals surface area contributed by atoms with Gasteiger partial charge in [0.25, 0.3) is 0 Å². The standard InChI is InChI=1S/C24H20BF8.C16H31N/c26-17-5-1-9-21(30,13-17)25(22(31)10-2-6-18(27)14-22,23(32)11-3-7-19(28)15-23)24(33)12-4-8-20(29)16-24;1-3-15(11-7-5-8-12-15)17-16(4-2)13-9-6-10-14-16/h1-12H,13-16H2;17H,3-14H2,1-2H3/q-1;/p+1. The van der Waals surface area contributed by atoms with Crippen LogP contribution in [0.4, 0.5) is 35.1 Å². The SMILES string of the molecule is CCC1([NH2+]C2(CC)CCCCC2)CCCCC1.FC1=CC=CC(F)([B-](C2(F)C=CC=C(F)C2)(C2(F)C=CC=C(F)C2)C2(F)C=CC=C(F)C2)C1. The number of rotatable bonds is 8. The van der Waals surface area contributed by atoms with Gasteiger partial charge in [-0.25, -0.2) is 17.6 Å². The van der Waals surface area contributed by atoms with Crippen molar-refractivity contribution in [2.45, 2.75) is 150 Å². The van der Waals surface area contributed by atoms with E-state index < -0.39 is 77.4 Å². The van der Waals surface area contributed by atoms with Gasteiger partial charge in [-0.2, -0.15) is 0 Å². The lowest BCUT2D eigenvalue weighted by atomic mass is 8.99. The fraction of sp³-hybridized carbons (Fsp3) is 0.600. The van der Waals surface area contributed by atoms with Crippen LogP contribution in [0.15, 0.2) is 96.2 Å². The van der Waals surface area contributed by atoms with Gasteiger partial charge in [-0.3, -0.25) is 17.6 Å². The molecule has 50 heavy (non-hydrogen) atoms. The van der Waals surface area contributed by atoms with Gasteiger partial charge in [0, 0.05) is 73.6 Å². The van der Waals surface area contributed by atoms with Crippen LogP contribution in [0.5, 0.6) is 0 Å². The van der Waals surface area contributed by atoms with E-state index in [2.05, 4.69) is 19.2 Å². The number of hydrogen-bond donors (Lipinski definition) is 1. The van der Waals surface area contributed by atoms with Gasteiger partial charge in [0.15, 0.2) is 6.15 Å². The Bertz CT molecular complexity index is 1300. The highest BCUT2D eigenvalue weighted by Gasteiger charge is 2.76. The van der Waals surface area contributed by atoms with Crippen LogP contribution in [-0.2, 0) is 0 Å². The summed E-state index contributed by atoms with van der Waals surface area (Å²) < 4.78 is 126. The normalized spacial score (nSPS) is 35.9. The molecule has 2 fully saturated rings. The average molecular weight is 710 g/mol. The van der Waals surface area contributed by atoms with Crippen molar-refractivity contribution >= 4 is 6.15 Å². The summed E-state index contributed by atoms with van der Waals surface area (Å²) in [6.07, 6.45) is 16.8. The third-order valence-electron chi connectivity index (χ3n) is 13.0. The fourth-order valence-corrected chi connectivity index (χ4v) is 10.7. The van der Waals surface area contributed by atoms with Gasteiger partial charge < -0.3 is 5.32 Å². The van der Waals surface area contributed by atoms with Crippen LogP contribution in [0.3, 0.4) is 0 Å². The highest BCUT2D eigenvalue weighted by Crippen LogP contribution is 2.63. The van der Waals surface area contributed by atoms with E-state index >= 15 is 17.6 Å². The highest BCUT2D eigenvalue weighted by atomic mass is 19.2. The molecule has 0 saturated heterocycles. The van der Waals surface area contributed by atoms with Crippen molar-refractivity contribution in [1.29, 1.82) is 0 Å². The summed E-state index contributed by atoms with van der Waals surface area (Å²) in [5.41, 5.74) is -12.5. The molecule has 0 spiro atoms. The Kier molecular flexibility index (Phi) is 11.4. The molecule has 0 amide bonds. The summed E-state index contributed by atoms with van der Waals surface area (Å²) >= 11 is 0. The van der Waals surface area contributed by atoms with Crippen LogP contribution in [0.25, 0.3) is 0 Å². The van der Waals surface area contributed by atoms with E-state index in [1.54, 1.807) is 0 Å². The summed E-state index contributed by atoms with van der Waals surface area (Å²) in [5, 5.41) is 2.87. The maximum atomic E-state index is 17.0. The Balaban J connectivity index is 0.000000240. The smallest absolute Gasteiger partial charge is 0.183 e. The minimum atomic E-state index is -4.72. The van der Waals surface area contributed by atoms with Crippen molar-refractivity contribution in [1.82, 2.24) is 0 Å². The Labute approximate surface area is 292 Å². The molecule has 10 heteroatoms. The second-order valence-electron chi connectivity index (χ2n) is 15.9. The molecule has 276 valence electrons. The lowest BCUT2D eigenvalue weighted by molar-refractivity contribution is -0.796. The summed E-state index contributed by atoms with van der Waals surface area (Å²) in [4.78, 5) is 0. The third kappa shape index (κ3) is 6.95. The first-order chi connectivity index (χ1) is 23.6. The van der Waals surface area contributed by atoms with E-state index in [0.717, 1.165) is 48.6 Å². The van der Waals surface area contributed by atoms with E-state index in [1.165, 1.54) is 77.0 Å². The molecule has 4 atom stereocenters. The molecule has 0 heterocycles. The fourth-order valence-electron chi connectivity index (χ4n) is 10.7. The molecular weight excluding hydrogens is 657 g/mol. The summed E-state index contributed by atoms with van der Waals surface area (Å²) in [5.74, 6) is -4.59. The van der Waals surface area contributed by atoms with Gasteiger partial charge in [0.2, 0.25) is 0 Å². The molecule has 6 aliphatic rings. The van der Waals surface area contributed by atoms with Gasteiger partial charge in [-0.05, 0) is 62.8 Å². The van der Waals surface area contributed by atoms with Crippen LogP contribution in [0, 0.1) is 0 Å². The van der Waals surface area contributed by atoms with E-state index in [4.69, 9.17) is 0 Å². The first-order valence-electron chi connectivity index (χ1n) is 18.6. The molecule has 6 aliphatic carbocycles. The van der Waals surface area contributed by atoms with Crippen molar-refractivity contribution in [3.63, 3.8) is 0 Å². The van der Waals surface area contributed by atoms with Crippen molar-refractivity contribution < 1.29 is 40.4 Å². The van der Waals surface area contributed by atoms with Crippen molar-refractivity contribution in [2.24, 2.45) is 0 Å². The number of hydrogen-bond acceptors (Lipinski definition) is 0. The van der Waals surface area contributed by atoms with E-state index in [1.807, 2.05) is 0 Å². The van der Waals surface area contributed by atoms with Crippen molar-refractivity contribution in [3.8, 4) is 0 Å². The van der Waals surface area contributed by atoms with Crippen LogP contribution >= 0.6 is 0 Å². The number of alkyl halides is 4. The van der Waals surface area contributed by atoms with E-state index in [-0.39, 0.29) is 0 Å². The highest BCUT2D eigenvalue weighted by molar-refractivity contribution is 6.92. The molecule has 2 N–H and O–H groups in total. The average Bonchev–Trinajstić information content (AvgIpc) is 3.05. The quantitative estimate of drug-likeness (QED) is 0.191. The molecule has 0 aliphatic heterocycles. The van der Waals surface area contributed by atoms with Crippen LogP contribution in [-0.4, -0.2) is 39.5 Å². The minimum Gasteiger partial charge on any atom is -0.337 e. The molecular formula is C40H52BF8N. The Morgan fingerprint density at radius 1 is 0.480 bits per heavy atom. The molecule has 4 unspecified atom stereocenters. The van der Waals surface area contributed by atoms with E-state index in [9.17, 15) is 17.6 Å². The van der Waals surface area contributed by atoms with Crippen molar-refractivity contribution in [2.75, 3.05) is 0 Å². The van der Waals surface area contributed by atoms with Gasteiger partial charge in [0.1, 0.15) is 0 Å². The Morgan fingerprint density at radius 2 is 0.740 bits per heavy atom. The number of nitrogens with two attached hydrogens (primary N) is 1. The molecule has 1 nitrogen and oxygen atoms in total. The third-order valence-corrected chi connectivity index (χ3v) is 13.0. The minimum absolute atomic E-state index is 0.609. The predicted octanol–water partition coefficient (Wildman–Crippen LogP) is 11.5. The molecule has 2 saturated carbocycles. The predicted molar refractivity (Wildman–Crippen MR) is 187 cm³/mol. The van der Waals surface area contributed by atoms with Gasteiger partial charge in [0.05, 0.1) is 34.4 Å². The molecule has 0 aromatic carbocycles. The Morgan fingerprint density at radius 3 is 0.960 bits per heavy atom. The summed E-state index contributed by atoms with van der Waals surface area (Å²) in [6.45, 7) is 4.85. The van der Waals surface area contributed by atoms with Crippen LogP contribution in [0.2, 0.25) is 0 Å². The lowest BCUT2D eigenvalue weighted by Gasteiger charge is -2.68. The monoisotopic (exact) mass is 709 g/mol. The molecule has 0 bridgehead atoms. The topological polar surface area (TPSA) is 16.6 Å². The lowest BCUT2D eigenvalue weighted by Crippen LogP contribution is -3.06. The second kappa shape index (κ2) is 14.8. The molecule has 0 radical (unpaired) electrons. The number of halogens is 8. The van der Waals surface area contributed by atoms with Gasteiger partial charge >= 0.3 is 0 Å².